The molecule has 0 saturated heterocycles. The number of hydrogen-bond acceptors (Lipinski definition) is 2. The van der Waals surface area contributed by atoms with Crippen LogP contribution in [0, 0.1) is 5.41 Å². The van der Waals surface area contributed by atoms with Crippen LogP contribution >= 0.6 is 0 Å². The molecule has 78 valence electrons. The number of carbonyl (C=O) groups is 1. The van der Waals surface area contributed by atoms with Gasteiger partial charge in [-0.15, -0.1) is 0 Å². The van der Waals surface area contributed by atoms with E-state index in [1.807, 2.05) is 17.8 Å². The third kappa shape index (κ3) is 2.34. The Labute approximate surface area is 83.6 Å². The van der Waals surface area contributed by atoms with Crippen LogP contribution in [0.2, 0.25) is 0 Å². The van der Waals surface area contributed by atoms with Crippen LogP contribution in [0.4, 0.5) is 0 Å². The topological polar surface area (TPSA) is 55.1 Å². The third-order valence-electron chi connectivity index (χ3n) is 2.47. The molecule has 14 heavy (non-hydrogen) atoms. The summed E-state index contributed by atoms with van der Waals surface area (Å²) < 4.78 is 1.91. The van der Waals surface area contributed by atoms with Crippen LogP contribution in [0.3, 0.4) is 0 Å². The summed E-state index contributed by atoms with van der Waals surface area (Å²) in [4.78, 5) is 15.0. The molecule has 4 nitrogen and oxygen atoms in total. The van der Waals surface area contributed by atoms with Gasteiger partial charge in [-0.05, 0) is 20.3 Å². The van der Waals surface area contributed by atoms with Gasteiger partial charge in [0.1, 0.15) is 5.82 Å². The summed E-state index contributed by atoms with van der Waals surface area (Å²) in [7, 11) is 1.91. The Balaban J connectivity index is 2.57. The van der Waals surface area contributed by atoms with E-state index >= 15 is 0 Å². The van der Waals surface area contributed by atoms with Crippen LogP contribution in [0.1, 0.15) is 26.1 Å². The molecular weight excluding hydrogens is 180 g/mol. The lowest BCUT2D eigenvalue weighted by Gasteiger charge is -2.18. The summed E-state index contributed by atoms with van der Waals surface area (Å²) in [5.74, 6) is 0.172. The highest BCUT2D eigenvalue weighted by atomic mass is 16.4. The standard InChI is InChI=1S/C10H16N2O2/c1-10(2,9(13)14)5-4-8-11-6-7-12(8)3/h6-7H,4-5H2,1-3H3,(H,13,14). The number of rotatable bonds is 4. The van der Waals surface area contributed by atoms with Gasteiger partial charge in [0, 0.05) is 25.9 Å². The summed E-state index contributed by atoms with van der Waals surface area (Å²) in [6.07, 6.45) is 4.89. The minimum absolute atomic E-state index is 0.604. The average Bonchev–Trinajstić information content (AvgIpc) is 2.47. The highest BCUT2D eigenvalue weighted by Gasteiger charge is 2.26. The molecule has 4 heteroatoms. The first-order valence-corrected chi connectivity index (χ1v) is 4.63. The van der Waals surface area contributed by atoms with E-state index in [4.69, 9.17) is 5.11 Å². The number of aryl methyl sites for hydroxylation is 2. The van der Waals surface area contributed by atoms with Gasteiger partial charge in [0.15, 0.2) is 0 Å². The minimum Gasteiger partial charge on any atom is -0.481 e. The number of aromatic nitrogens is 2. The van der Waals surface area contributed by atoms with Gasteiger partial charge in [0.25, 0.3) is 0 Å². The SMILES string of the molecule is Cn1ccnc1CCC(C)(C)C(=O)O. The van der Waals surface area contributed by atoms with Crippen molar-refractivity contribution in [2.75, 3.05) is 0 Å². The molecule has 0 aromatic carbocycles. The van der Waals surface area contributed by atoms with Crippen LogP contribution in [0.25, 0.3) is 0 Å². The Hall–Kier alpha value is -1.32. The summed E-state index contributed by atoms with van der Waals surface area (Å²) in [6, 6.07) is 0. The summed E-state index contributed by atoms with van der Waals surface area (Å²) in [5.41, 5.74) is -0.675. The average molecular weight is 196 g/mol. The zero-order chi connectivity index (χ0) is 10.8. The Morgan fingerprint density at radius 1 is 1.64 bits per heavy atom. The molecule has 0 radical (unpaired) electrons. The monoisotopic (exact) mass is 196 g/mol. The van der Waals surface area contributed by atoms with Gasteiger partial charge in [-0.3, -0.25) is 4.79 Å². The highest BCUT2D eigenvalue weighted by Crippen LogP contribution is 2.22. The van der Waals surface area contributed by atoms with Crippen LogP contribution in [0.5, 0.6) is 0 Å². The van der Waals surface area contributed by atoms with Crippen LogP contribution in [-0.2, 0) is 18.3 Å². The van der Waals surface area contributed by atoms with E-state index in [1.54, 1.807) is 20.0 Å². The van der Waals surface area contributed by atoms with Gasteiger partial charge < -0.3 is 9.67 Å². The molecule has 0 fully saturated rings. The molecule has 0 spiro atoms. The van der Waals surface area contributed by atoms with E-state index < -0.39 is 11.4 Å². The van der Waals surface area contributed by atoms with Crippen molar-refractivity contribution in [3.8, 4) is 0 Å². The lowest BCUT2D eigenvalue weighted by atomic mass is 9.88. The van der Waals surface area contributed by atoms with Gasteiger partial charge >= 0.3 is 5.97 Å². The van der Waals surface area contributed by atoms with Gasteiger partial charge in [-0.25, -0.2) is 4.98 Å². The first kappa shape index (κ1) is 10.8. The number of hydrogen-bond donors (Lipinski definition) is 1. The molecule has 0 unspecified atom stereocenters. The normalized spacial score (nSPS) is 11.6. The molecule has 0 aliphatic rings. The zero-order valence-corrected chi connectivity index (χ0v) is 8.82. The first-order valence-electron chi connectivity index (χ1n) is 4.63. The third-order valence-corrected chi connectivity index (χ3v) is 2.47. The minimum atomic E-state index is -0.758. The Kier molecular flexibility index (Phi) is 2.93. The maximum atomic E-state index is 10.8. The van der Waals surface area contributed by atoms with E-state index in [1.165, 1.54) is 0 Å². The maximum absolute atomic E-state index is 10.8. The lowest BCUT2D eigenvalue weighted by Crippen LogP contribution is -2.24. The predicted molar refractivity (Wildman–Crippen MR) is 52.9 cm³/mol. The molecule has 0 atom stereocenters. The van der Waals surface area contributed by atoms with Crippen molar-refractivity contribution in [1.29, 1.82) is 0 Å². The van der Waals surface area contributed by atoms with E-state index in [-0.39, 0.29) is 0 Å². The fourth-order valence-electron chi connectivity index (χ4n) is 1.17. The van der Waals surface area contributed by atoms with E-state index in [0.717, 1.165) is 5.82 Å². The Morgan fingerprint density at radius 3 is 2.71 bits per heavy atom. The van der Waals surface area contributed by atoms with Crippen molar-refractivity contribution >= 4 is 5.97 Å². The maximum Gasteiger partial charge on any atom is 0.309 e. The van der Waals surface area contributed by atoms with Crippen molar-refractivity contribution in [1.82, 2.24) is 9.55 Å². The largest absolute Gasteiger partial charge is 0.481 e. The number of nitrogens with zero attached hydrogens (tertiary/aromatic N) is 2. The van der Waals surface area contributed by atoms with Gasteiger partial charge in [-0.1, -0.05) is 0 Å². The zero-order valence-electron chi connectivity index (χ0n) is 8.82. The summed E-state index contributed by atoms with van der Waals surface area (Å²) in [5, 5.41) is 8.91. The van der Waals surface area contributed by atoms with Gasteiger partial charge in [0.05, 0.1) is 5.41 Å². The predicted octanol–water partition coefficient (Wildman–Crippen LogP) is 1.46. The van der Waals surface area contributed by atoms with Gasteiger partial charge in [-0.2, -0.15) is 0 Å². The quantitative estimate of drug-likeness (QED) is 0.793. The van der Waals surface area contributed by atoms with Crippen molar-refractivity contribution < 1.29 is 9.90 Å². The number of imidazole rings is 1. The van der Waals surface area contributed by atoms with Crippen molar-refractivity contribution in [2.24, 2.45) is 12.5 Å². The second-order valence-electron chi connectivity index (χ2n) is 4.14. The summed E-state index contributed by atoms with van der Waals surface area (Å²) in [6.45, 7) is 3.47. The van der Waals surface area contributed by atoms with Gasteiger partial charge in [0.2, 0.25) is 0 Å². The van der Waals surface area contributed by atoms with Crippen molar-refractivity contribution in [2.45, 2.75) is 26.7 Å². The molecular formula is C10H16N2O2. The number of carboxylic acids is 1. The van der Waals surface area contributed by atoms with E-state index in [2.05, 4.69) is 4.98 Å². The van der Waals surface area contributed by atoms with Crippen LogP contribution < -0.4 is 0 Å². The number of aliphatic carboxylic acids is 1. The summed E-state index contributed by atoms with van der Waals surface area (Å²) >= 11 is 0. The number of carboxylic acid groups (broad SMARTS) is 1. The van der Waals surface area contributed by atoms with Crippen molar-refractivity contribution in [3.63, 3.8) is 0 Å². The molecule has 0 aliphatic carbocycles. The fourth-order valence-corrected chi connectivity index (χ4v) is 1.17. The molecule has 1 aromatic heterocycles. The molecule has 1 N–H and O–H groups in total. The van der Waals surface area contributed by atoms with E-state index in [9.17, 15) is 4.79 Å². The van der Waals surface area contributed by atoms with Crippen molar-refractivity contribution in [3.05, 3.63) is 18.2 Å². The Morgan fingerprint density at radius 2 is 2.29 bits per heavy atom. The smallest absolute Gasteiger partial charge is 0.309 e. The molecule has 1 rings (SSSR count). The van der Waals surface area contributed by atoms with Crippen LogP contribution in [-0.4, -0.2) is 20.6 Å². The second-order valence-corrected chi connectivity index (χ2v) is 4.14. The fraction of sp³-hybridized carbons (Fsp3) is 0.600. The second kappa shape index (κ2) is 3.82. The lowest BCUT2D eigenvalue weighted by molar-refractivity contribution is -0.147. The van der Waals surface area contributed by atoms with E-state index in [0.29, 0.717) is 12.8 Å². The first-order chi connectivity index (χ1) is 6.43. The molecule has 1 heterocycles. The van der Waals surface area contributed by atoms with Crippen LogP contribution in [0.15, 0.2) is 12.4 Å². The molecule has 0 aliphatic heterocycles. The highest BCUT2D eigenvalue weighted by molar-refractivity contribution is 5.73. The molecule has 0 amide bonds. The molecule has 0 saturated carbocycles. The molecule has 1 aromatic rings. The Bertz CT molecular complexity index is 329. The molecule has 0 bridgehead atoms.